The van der Waals surface area contributed by atoms with E-state index in [-0.39, 0.29) is 12.7 Å². The Balaban J connectivity index is 1.46. The third-order valence-electron chi connectivity index (χ3n) is 5.50. The average Bonchev–Trinajstić information content (AvgIpc) is 3.26. The van der Waals surface area contributed by atoms with Crippen molar-refractivity contribution in [2.75, 3.05) is 27.0 Å². The number of hydrogen-bond acceptors (Lipinski definition) is 6. The zero-order chi connectivity index (χ0) is 20.9. The van der Waals surface area contributed by atoms with Crippen LogP contribution in [0.2, 0.25) is 0 Å². The lowest BCUT2D eigenvalue weighted by Crippen LogP contribution is -2.29. The number of nitrogens with zero attached hydrogens (tertiary/aromatic N) is 2. The van der Waals surface area contributed by atoms with Crippen LogP contribution >= 0.6 is 0 Å². The molecule has 0 saturated carbocycles. The molecule has 1 fully saturated rings. The number of hydrogen-bond donors (Lipinski definition) is 1. The molecule has 1 N–H and O–H groups in total. The molecule has 2 aromatic carbocycles. The first kappa shape index (κ1) is 20.2. The van der Waals surface area contributed by atoms with Crippen LogP contribution in [0.15, 0.2) is 41.5 Å². The molecule has 7 heteroatoms. The number of hydrazone groups is 1. The van der Waals surface area contributed by atoms with Crippen LogP contribution in [0.25, 0.3) is 0 Å². The van der Waals surface area contributed by atoms with Gasteiger partial charge >= 0.3 is 0 Å². The van der Waals surface area contributed by atoms with Gasteiger partial charge in [-0.15, -0.1) is 0 Å². The van der Waals surface area contributed by atoms with Gasteiger partial charge in [0.1, 0.15) is 5.75 Å². The van der Waals surface area contributed by atoms with Gasteiger partial charge in [0.25, 0.3) is 5.91 Å². The molecule has 2 aromatic rings. The van der Waals surface area contributed by atoms with Crippen LogP contribution in [-0.2, 0) is 6.54 Å². The van der Waals surface area contributed by atoms with E-state index in [0.29, 0.717) is 17.1 Å². The first-order valence-corrected chi connectivity index (χ1v) is 10.3. The molecule has 0 aromatic heterocycles. The highest BCUT2D eigenvalue weighted by Gasteiger charge is 2.17. The molecule has 0 aliphatic carbocycles. The summed E-state index contributed by atoms with van der Waals surface area (Å²) in [5, 5.41) is 4.30. The van der Waals surface area contributed by atoms with Crippen molar-refractivity contribution in [3.8, 4) is 17.2 Å². The normalized spacial score (nSPS) is 16.4. The minimum Gasteiger partial charge on any atom is -0.496 e. The Morgan fingerprint density at radius 2 is 1.83 bits per heavy atom. The number of fused-ring (bicyclic) bond motifs is 1. The summed E-state index contributed by atoms with van der Waals surface area (Å²) in [6.45, 7) is 5.15. The standard InChI is InChI=1S/C23H27N3O4/c1-16(24-25-23(27)18-7-9-21-22(13-18)30-15-29-21)17-6-8-20(28-2)19(12-17)14-26-10-4-3-5-11-26/h6-9,12-13H,3-5,10-11,14-15H2,1-2H3,(H,25,27)/b24-16-. The summed E-state index contributed by atoms with van der Waals surface area (Å²) in [6.07, 6.45) is 3.80. The van der Waals surface area contributed by atoms with E-state index in [2.05, 4.69) is 21.5 Å². The molecule has 1 saturated heterocycles. The van der Waals surface area contributed by atoms with Crippen molar-refractivity contribution in [1.29, 1.82) is 0 Å². The minimum atomic E-state index is -0.297. The van der Waals surface area contributed by atoms with Crippen LogP contribution in [0.5, 0.6) is 17.2 Å². The van der Waals surface area contributed by atoms with Crippen LogP contribution in [0.3, 0.4) is 0 Å². The average molecular weight is 409 g/mol. The number of carbonyl (C=O) groups excluding carboxylic acids is 1. The number of carbonyl (C=O) groups is 1. The van der Waals surface area contributed by atoms with E-state index in [4.69, 9.17) is 14.2 Å². The van der Waals surface area contributed by atoms with Crippen LogP contribution in [0, 0.1) is 0 Å². The largest absolute Gasteiger partial charge is 0.496 e. The zero-order valence-electron chi connectivity index (χ0n) is 17.4. The van der Waals surface area contributed by atoms with E-state index in [9.17, 15) is 4.79 Å². The van der Waals surface area contributed by atoms with Crippen molar-refractivity contribution in [3.63, 3.8) is 0 Å². The molecule has 2 aliphatic heterocycles. The highest BCUT2D eigenvalue weighted by Crippen LogP contribution is 2.32. The molecule has 0 atom stereocenters. The van der Waals surface area contributed by atoms with E-state index in [1.54, 1.807) is 25.3 Å². The third-order valence-corrected chi connectivity index (χ3v) is 5.50. The van der Waals surface area contributed by atoms with Gasteiger partial charge < -0.3 is 14.2 Å². The molecule has 0 unspecified atom stereocenters. The Hall–Kier alpha value is -3.06. The SMILES string of the molecule is COc1ccc(/C(C)=N\NC(=O)c2ccc3c(c2)OCO3)cc1CN1CCCCC1. The summed E-state index contributed by atoms with van der Waals surface area (Å²) in [5.74, 6) is 1.79. The van der Waals surface area contributed by atoms with Gasteiger partial charge in [-0.2, -0.15) is 5.10 Å². The van der Waals surface area contributed by atoms with Crippen molar-refractivity contribution >= 4 is 11.6 Å². The molecule has 2 aliphatic rings. The van der Waals surface area contributed by atoms with Crippen molar-refractivity contribution < 1.29 is 19.0 Å². The van der Waals surface area contributed by atoms with Crippen molar-refractivity contribution in [3.05, 3.63) is 53.1 Å². The number of benzene rings is 2. The summed E-state index contributed by atoms with van der Waals surface area (Å²) in [5.41, 5.74) is 5.91. The van der Waals surface area contributed by atoms with E-state index in [0.717, 1.165) is 42.2 Å². The highest BCUT2D eigenvalue weighted by atomic mass is 16.7. The summed E-state index contributed by atoms with van der Waals surface area (Å²) in [6, 6.07) is 11.1. The zero-order valence-corrected chi connectivity index (χ0v) is 17.4. The van der Waals surface area contributed by atoms with Crippen LogP contribution in [0.4, 0.5) is 0 Å². The fraction of sp³-hybridized carbons (Fsp3) is 0.391. The lowest BCUT2D eigenvalue weighted by atomic mass is 10.0. The number of nitrogens with one attached hydrogen (secondary N) is 1. The number of methoxy groups -OCH3 is 1. The van der Waals surface area contributed by atoms with Gasteiger partial charge in [-0.25, -0.2) is 5.43 Å². The predicted octanol–water partition coefficient (Wildman–Crippen LogP) is 3.56. The van der Waals surface area contributed by atoms with Crippen molar-refractivity contribution in [1.82, 2.24) is 10.3 Å². The quantitative estimate of drug-likeness (QED) is 0.583. The maximum atomic E-state index is 12.5. The second-order valence-corrected chi connectivity index (χ2v) is 7.57. The van der Waals surface area contributed by atoms with Crippen LogP contribution in [-0.4, -0.2) is 43.5 Å². The van der Waals surface area contributed by atoms with E-state index >= 15 is 0 Å². The molecule has 30 heavy (non-hydrogen) atoms. The Labute approximate surface area is 176 Å². The predicted molar refractivity (Wildman–Crippen MR) is 114 cm³/mol. The number of piperidine rings is 1. The maximum Gasteiger partial charge on any atom is 0.271 e. The molecule has 7 nitrogen and oxygen atoms in total. The van der Waals surface area contributed by atoms with E-state index in [1.807, 2.05) is 19.1 Å². The first-order valence-electron chi connectivity index (χ1n) is 10.3. The van der Waals surface area contributed by atoms with Crippen molar-refractivity contribution in [2.24, 2.45) is 5.10 Å². The molecule has 0 bridgehead atoms. The number of amides is 1. The smallest absolute Gasteiger partial charge is 0.271 e. The number of ether oxygens (including phenoxy) is 3. The Morgan fingerprint density at radius 1 is 1.07 bits per heavy atom. The molecule has 4 rings (SSSR count). The summed E-state index contributed by atoms with van der Waals surface area (Å²) < 4.78 is 16.2. The monoisotopic (exact) mass is 409 g/mol. The molecular weight excluding hydrogens is 382 g/mol. The van der Waals surface area contributed by atoms with Gasteiger partial charge in [0, 0.05) is 17.7 Å². The number of likely N-dealkylation sites (tertiary alicyclic amines) is 1. The fourth-order valence-corrected chi connectivity index (χ4v) is 3.79. The van der Waals surface area contributed by atoms with Crippen molar-refractivity contribution in [2.45, 2.75) is 32.7 Å². The van der Waals surface area contributed by atoms with E-state index in [1.165, 1.54) is 19.3 Å². The van der Waals surface area contributed by atoms with Gasteiger partial charge in [-0.1, -0.05) is 6.42 Å². The number of rotatable bonds is 6. The van der Waals surface area contributed by atoms with E-state index < -0.39 is 0 Å². The Bertz CT molecular complexity index is 951. The fourth-order valence-electron chi connectivity index (χ4n) is 3.79. The third kappa shape index (κ3) is 4.57. The second-order valence-electron chi connectivity index (χ2n) is 7.57. The molecule has 0 radical (unpaired) electrons. The summed E-state index contributed by atoms with van der Waals surface area (Å²) >= 11 is 0. The lowest BCUT2D eigenvalue weighted by molar-refractivity contribution is 0.0954. The van der Waals surface area contributed by atoms with Gasteiger partial charge in [-0.05, 0) is 74.8 Å². The lowest BCUT2D eigenvalue weighted by Gasteiger charge is -2.27. The molecule has 158 valence electrons. The first-order chi connectivity index (χ1) is 14.6. The summed E-state index contributed by atoms with van der Waals surface area (Å²) in [7, 11) is 1.70. The Kier molecular flexibility index (Phi) is 6.18. The van der Waals surface area contributed by atoms with Crippen LogP contribution in [0.1, 0.15) is 47.7 Å². The topological polar surface area (TPSA) is 72.4 Å². The molecule has 0 spiro atoms. The van der Waals surface area contributed by atoms with Crippen LogP contribution < -0.4 is 19.6 Å². The second kappa shape index (κ2) is 9.17. The van der Waals surface area contributed by atoms with Gasteiger partial charge in [0.2, 0.25) is 6.79 Å². The molecule has 2 heterocycles. The van der Waals surface area contributed by atoms with Gasteiger partial charge in [-0.3, -0.25) is 9.69 Å². The van der Waals surface area contributed by atoms with Gasteiger partial charge in [0.15, 0.2) is 11.5 Å². The molecular formula is C23H27N3O4. The summed E-state index contributed by atoms with van der Waals surface area (Å²) in [4.78, 5) is 14.9. The minimum absolute atomic E-state index is 0.175. The Morgan fingerprint density at radius 3 is 2.63 bits per heavy atom. The maximum absolute atomic E-state index is 12.5. The highest BCUT2D eigenvalue weighted by molar-refractivity contribution is 6.01. The van der Waals surface area contributed by atoms with Gasteiger partial charge in [0.05, 0.1) is 12.8 Å². The molecule has 1 amide bonds.